The molecular weight excluding hydrogens is 474 g/mol. The Morgan fingerprint density at radius 3 is 2.50 bits per heavy atom. The zero-order chi connectivity index (χ0) is 23.2. The maximum Gasteiger partial charge on any atom is 0.253 e. The van der Waals surface area contributed by atoms with Crippen molar-refractivity contribution in [2.45, 2.75) is 71.8 Å². The molecule has 1 fully saturated rings. The molecule has 32 heavy (non-hydrogen) atoms. The molecule has 172 valence electrons. The first-order valence-electron chi connectivity index (χ1n) is 11.0. The van der Waals surface area contributed by atoms with Crippen LogP contribution in [0.3, 0.4) is 0 Å². The molecule has 0 bridgehead atoms. The van der Waals surface area contributed by atoms with E-state index >= 15 is 0 Å². The lowest BCUT2D eigenvalue weighted by molar-refractivity contribution is -0.121. The predicted molar refractivity (Wildman–Crippen MR) is 126 cm³/mol. The number of hydrogen-bond donors (Lipinski definition) is 3. The number of aromatic amines is 1. The molecule has 4 N–H and O–H groups in total. The number of halogens is 1. The Balaban J connectivity index is 1.55. The second kappa shape index (κ2) is 8.56. The van der Waals surface area contributed by atoms with E-state index < -0.39 is 5.79 Å². The molecule has 0 spiro atoms. The summed E-state index contributed by atoms with van der Waals surface area (Å²) in [6, 6.07) is 3.89. The van der Waals surface area contributed by atoms with Crippen molar-refractivity contribution in [1.29, 1.82) is 0 Å². The molecule has 2 aliphatic rings. The van der Waals surface area contributed by atoms with E-state index in [0.717, 1.165) is 36.9 Å². The molecule has 1 aromatic carbocycles. The third-order valence-electron chi connectivity index (χ3n) is 6.73. The maximum absolute atomic E-state index is 13.0. The number of nitrogens with two attached hydrogens (primary N) is 1. The summed E-state index contributed by atoms with van der Waals surface area (Å²) < 4.78 is 13.3. The van der Waals surface area contributed by atoms with Gasteiger partial charge in [-0.3, -0.25) is 9.59 Å². The number of carbonyl (C=O) groups excluding carboxylic acids is 1. The van der Waals surface area contributed by atoms with Gasteiger partial charge in [-0.1, -0.05) is 0 Å². The van der Waals surface area contributed by atoms with Crippen LogP contribution in [0, 0.1) is 26.7 Å². The Morgan fingerprint density at radius 1 is 1.19 bits per heavy atom. The van der Waals surface area contributed by atoms with E-state index in [-0.39, 0.29) is 30.0 Å². The van der Waals surface area contributed by atoms with Crippen LogP contribution in [0.25, 0.3) is 0 Å². The summed E-state index contributed by atoms with van der Waals surface area (Å²) in [5.74, 6) is 0.395. The Bertz CT molecular complexity index is 1120. The molecule has 2 heterocycles. The zero-order valence-electron chi connectivity index (χ0n) is 18.9. The number of nitrogens with one attached hydrogen (secondary N) is 2. The van der Waals surface area contributed by atoms with E-state index in [9.17, 15) is 9.59 Å². The highest BCUT2D eigenvalue weighted by Gasteiger charge is 2.47. The molecule has 1 atom stereocenters. The van der Waals surface area contributed by atoms with Crippen molar-refractivity contribution in [1.82, 2.24) is 10.3 Å². The SMILES string of the molecule is Cc1cc(C)c(CNC(=O)c2cc(Br)c3c(c2C)O[C@@](C)([C@H]2CC[C@H](N)CC2)O3)c(=O)[nH]1. The van der Waals surface area contributed by atoms with Crippen LogP contribution in [0.5, 0.6) is 11.5 Å². The molecule has 2 aromatic rings. The van der Waals surface area contributed by atoms with E-state index in [2.05, 4.69) is 26.2 Å². The van der Waals surface area contributed by atoms with Crippen molar-refractivity contribution in [2.24, 2.45) is 11.7 Å². The van der Waals surface area contributed by atoms with E-state index in [1.807, 2.05) is 33.8 Å². The molecule has 0 unspecified atom stereocenters. The second-order valence-electron chi connectivity index (χ2n) is 9.15. The zero-order valence-corrected chi connectivity index (χ0v) is 20.5. The lowest BCUT2D eigenvalue weighted by atomic mass is 9.81. The molecule has 0 radical (unpaired) electrons. The van der Waals surface area contributed by atoms with Crippen LogP contribution in [0.2, 0.25) is 0 Å². The first-order chi connectivity index (χ1) is 15.1. The van der Waals surface area contributed by atoms with Gasteiger partial charge in [0, 0.05) is 47.8 Å². The van der Waals surface area contributed by atoms with Crippen LogP contribution < -0.4 is 26.1 Å². The first kappa shape index (κ1) is 22.9. The van der Waals surface area contributed by atoms with Gasteiger partial charge in [0.2, 0.25) is 0 Å². The summed E-state index contributed by atoms with van der Waals surface area (Å²) in [5.41, 5.74) is 9.26. The summed E-state index contributed by atoms with van der Waals surface area (Å²) in [4.78, 5) is 28.1. The Morgan fingerprint density at radius 2 is 1.84 bits per heavy atom. The van der Waals surface area contributed by atoms with Crippen LogP contribution in [-0.4, -0.2) is 22.7 Å². The molecule has 4 rings (SSSR count). The quantitative estimate of drug-likeness (QED) is 0.584. The van der Waals surface area contributed by atoms with Crippen LogP contribution in [-0.2, 0) is 6.54 Å². The summed E-state index contributed by atoms with van der Waals surface area (Å²) in [6.07, 6.45) is 3.80. The lowest BCUT2D eigenvalue weighted by Gasteiger charge is -2.36. The van der Waals surface area contributed by atoms with Crippen molar-refractivity contribution in [2.75, 3.05) is 0 Å². The smallest absolute Gasteiger partial charge is 0.253 e. The Kier molecular flexibility index (Phi) is 6.11. The third-order valence-corrected chi connectivity index (χ3v) is 7.31. The average Bonchev–Trinajstić information content (AvgIpc) is 3.10. The number of ether oxygens (including phenoxy) is 2. The molecule has 1 aliphatic carbocycles. The normalized spacial score (nSPS) is 24.4. The topological polar surface area (TPSA) is 106 Å². The number of H-pyrrole nitrogens is 1. The number of amides is 1. The number of fused-ring (bicyclic) bond motifs is 1. The Hall–Kier alpha value is -2.32. The van der Waals surface area contributed by atoms with E-state index in [1.165, 1.54) is 0 Å². The highest BCUT2D eigenvalue weighted by atomic mass is 79.9. The van der Waals surface area contributed by atoms with Crippen LogP contribution in [0.15, 0.2) is 21.4 Å². The molecule has 8 heteroatoms. The maximum atomic E-state index is 13.0. The standard InChI is InChI=1S/C24H30BrN3O4/c1-12-9-13(2)28-23(30)18(12)11-27-22(29)17-10-19(25)21-20(14(17)3)31-24(4,32-21)15-5-7-16(26)8-6-15/h9-10,15-16H,5-8,11,26H2,1-4H3,(H,27,29)(H,28,30)/t15-,16-,24-/m1/s1. The van der Waals surface area contributed by atoms with Crippen molar-refractivity contribution in [3.8, 4) is 11.5 Å². The molecule has 1 aliphatic heterocycles. The van der Waals surface area contributed by atoms with Crippen LogP contribution in [0.1, 0.15) is 65.3 Å². The number of aryl methyl sites for hydroxylation is 2. The number of hydrogen-bond acceptors (Lipinski definition) is 5. The number of carbonyl (C=O) groups is 1. The van der Waals surface area contributed by atoms with Crippen molar-refractivity contribution in [3.63, 3.8) is 0 Å². The van der Waals surface area contributed by atoms with E-state index in [1.54, 1.807) is 6.07 Å². The second-order valence-corrected chi connectivity index (χ2v) is 10.0. The number of aromatic nitrogens is 1. The third kappa shape index (κ3) is 4.18. The fourth-order valence-corrected chi connectivity index (χ4v) is 5.25. The van der Waals surface area contributed by atoms with Gasteiger partial charge >= 0.3 is 0 Å². The molecule has 1 aromatic heterocycles. The number of pyridine rings is 1. The van der Waals surface area contributed by atoms with Gasteiger partial charge in [-0.2, -0.15) is 0 Å². The highest BCUT2D eigenvalue weighted by Crippen LogP contribution is 2.51. The number of benzene rings is 1. The van der Waals surface area contributed by atoms with E-state index in [0.29, 0.717) is 32.7 Å². The fourth-order valence-electron chi connectivity index (χ4n) is 4.76. The van der Waals surface area contributed by atoms with Gasteiger partial charge in [0.25, 0.3) is 17.3 Å². The summed E-state index contributed by atoms with van der Waals surface area (Å²) in [5, 5.41) is 2.87. The van der Waals surface area contributed by atoms with Crippen molar-refractivity contribution >= 4 is 21.8 Å². The van der Waals surface area contributed by atoms with Gasteiger partial charge in [0.05, 0.1) is 4.47 Å². The summed E-state index contributed by atoms with van der Waals surface area (Å²) in [7, 11) is 0. The minimum absolute atomic E-state index is 0.145. The van der Waals surface area contributed by atoms with Gasteiger partial charge in [0.1, 0.15) is 0 Å². The van der Waals surface area contributed by atoms with Gasteiger partial charge in [0.15, 0.2) is 11.5 Å². The fraction of sp³-hybridized carbons (Fsp3) is 0.500. The average molecular weight is 504 g/mol. The van der Waals surface area contributed by atoms with Gasteiger partial charge in [-0.05, 0) is 80.1 Å². The van der Waals surface area contributed by atoms with Crippen molar-refractivity contribution in [3.05, 3.63) is 54.9 Å². The minimum Gasteiger partial charge on any atom is -0.448 e. The number of rotatable bonds is 4. The first-order valence-corrected chi connectivity index (χ1v) is 11.8. The molecular formula is C24H30BrN3O4. The van der Waals surface area contributed by atoms with Crippen molar-refractivity contribution < 1.29 is 14.3 Å². The minimum atomic E-state index is -0.781. The van der Waals surface area contributed by atoms with Gasteiger partial charge < -0.3 is 25.5 Å². The molecule has 7 nitrogen and oxygen atoms in total. The monoisotopic (exact) mass is 503 g/mol. The largest absolute Gasteiger partial charge is 0.448 e. The van der Waals surface area contributed by atoms with Gasteiger partial charge in [-0.15, -0.1) is 0 Å². The molecule has 1 saturated carbocycles. The summed E-state index contributed by atoms with van der Waals surface area (Å²) in [6.45, 7) is 7.67. The van der Waals surface area contributed by atoms with Crippen LogP contribution >= 0.6 is 15.9 Å². The lowest BCUT2D eigenvalue weighted by Crippen LogP contribution is -2.46. The highest BCUT2D eigenvalue weighted by molar-refractivity contribution is 9.10. The van der Waals surface area contributed by atoms with Gasteiger partial charge in [-0.25, -0.2) is 0 Å². The van der Waals surface area contributed by atoms with E-state index in [4.69, 9.17) is 15.2 Å². The Labute approximate surface area is 196 Å². The molecule has 0 saturated heterocycles. The summed E-state index contributed by atoms with van der Waals surface area (Å²) >= 11 is 3.55. The molecule has 1 amide bonds. The predicted octanol–water partition coefficient (Wildman–Crippen LogP) is 4.00. The van der Waals surface area contributed by atoms with Crippen LogP contribution in [0.4, 0.5) is 0 Å².